The summed E-state index contributed by atoms with van der Waals surface area (Å²) < 4.78 is 197. The molecule has 0 aromatic heterocycles. The molecular formula is C32H12F13O4Sb. The SMILES string of the molecule is O=C([O][Sb]([O]C(=O)c1c(F)c(F)c(F)c(F)c1F)([c]1ccc(F)cc1)([c]1ccc(F)cc1)[c]1ccc(F)cc1)c1c(F)c(F)c(F)c(F)c1F. The van der Waals surface area contributed by atoms with Gasteiger partial charge in [-0.15, -0.1) is 0 Å². The Balaban J connectivity index is 2.00. The molecule has 0 atom stereocenters. The van der Waals surface area contributed by atoms with E-state index in [1.807, 2.05) is 0 Å². The number of hydrogen-bond donors (Lipinski definition) is 0. The topological polar surface area (TPSA) is 52.6 Å². The van der Waals surface area contributed by atoms with E-state index < -0.39 is 127 Å². The van der Waals surface area contributed by atoms with E-state index >= 15 is 17.6 Å². The molecule has 0 unspecified atom stereocenters. The summed E-state index contributed by atoms with van der Waals surface area (Å²) in [6.07, 6.45) is 0. The zero-order valence-electron chi connectivity index (χ0n) is 23.9. The number of hydrogen-bond acceptors (Lipinski definition) is 4. The van der Waals surface area contributed by atoms with E-state index in [2.05, 4.69) is 0 Å². The van der Waals surface area contributed by atoms with Crippen molar-refractivity contribution in [1.29, 1.82) is 0 Å². The monoisotopic (exact) mass is 828 g/mol. The zero-order valence-corrected chi connectivity index (χ0v) is 26.5. The molecule has 50 heavy (non-hydrogen) atoms. The first-order valence-corrected chi connectivity index (χ1v) is 19.2. The van der Waals surface area contributed by atoms with Crippen molar-refractivity contribution in [2.24, 2.45) is 0 Å². The fraction of sp³-hybridized carbons (Fsp3) is 0. The first-order valence-electron chi connectivity index (χ1n) is 13.3. The first-order chi connectivity index (χ1) is 23.4. The average Bonchev–Trinajstić information content (AvgIpc) is 3.09. The Hall–Kier alpha value is -5.05. The van der Waals surface area contributed by atoms with Crippen molar-refractivity contribution in [3.63, 3.8) is 0 Å². The Morgan fingerprint density at radius 1 is 0.340 bits per heavy atom. The van der Waals surface area contributed by atoms with E-state index in [1.54, 1.807) is 0 Å². The maximum absolute atomic E-state index is 15.0. The number of benzene rings is 5. The molecule has 0 bridgehead atoms. The first kappa shape index (κ1) is 36.2. The van der Waals surface area contributed by atoms with Crippen LogP contribution in [0.4, 0.5) is 57.1 Å². The molecule has 5 rings (SSSR count). The molecule has 5 aromatic rings. The van der Waals surface area contributed by atoms with Crippen LogP contribution in [0.15, 0.2) is 72.8 Å². The molecule has 0 saturated heterocycles. The second-order valence-electron chi connectivity index (χ2n) is 10.0. The number of carbonyl (C=O) groups is 2. The van der Waals surface area contributed by atoms with Crippen LogP contribution in [0, 0.1) is 75.6 Å². The van der Waals surface area contributed by atoms with E-state index in [1.165, 1.54) is 0 Å². The summed E-state index contributed by atoms with van der Waals surface area (Å²) in [5.41, 5.74) is -4.70. The third kappa shape index (κ3) is 5.53. The van der Waals surface area contributed by atoms with Crippen LogP contribution in [0.1, 0.15) is 20.7 Å². The summed E-state index contributed by atoms with van der Waals surface area (Å²) in [5.74, 6) is -35.9. The van der Waals surface area contributed by atoms with Gasteiger partial charge < -0.3 is 0 Å². The molecule has 0 fully saturated rings. The second kappa shape index (κ2) is 13.0. The van der Waals surface area contributed by atoms with Gasteiger partial charge in [0, 0.05) is 0 Å². The maximum atomic E-state index is 15.0. The Bertz CT molecular complexity index is 1930. The average molecular weight is 829 g/mol. The summed E-state index contributed by atoms with van der Waals surface area (Å²) >= 11 is -8.09. The Morgan fingerprint density at radius 3 is 0.760 bits per heavy atom. The van der Waals surface area contributed by atoms with Crippen molar-refractivity contribution in [3.8, 4) is 0 Å². The van der Waals surface area contributed by atoms with Crippen LogP contribution in [-0.4, -0.2) is 30.2 Å². The molecule has 18 heteroatoms. The van der Waals surface area contributed by atoms with Crippen LogP contribution in [0.5, 0.6) is 0 Å². The minimum absolute atomic E-state index is 0.562. The van der Waals surface area contributed by atoms with Crippen LogP contribution in [0.25, 0.3) is 0 Å². The number of rotatable bonds is 7. The van der Waals surface area contributed by atoms with Crippen LogP contribution >= 0.6 is 0 Å². The molecule has 0 aliphatic heterocycles. The molecule has 260 valence electrons. The summed E-state index contributed by atoms with van der Waals surface area (Å²) in [7, 11) is 0. The van der Waals surface area contributed by atoms with Gasteiger partial charge in [0.1, 0.15) is 0 Å². The van der Waals surface area contributed by atoms with Gasteiger partial charge in [-0.25, -0.2) is 0 Å². The van der Waals surface area contributed by atoms with Crippen molar-refractivity contribution in [2.75, 3.05) is 0 Å². The Kier molecular flexibility index (Phi) is 9.43. The molecule has 0 N–H and O–H groups in total. The van der Waals surface area contributed by atoms with Crippen molar-refractivity contribution in [3.05, 3.63) is 160 Å². The third-order valence-electron chi connectivity index (χ3n) is 7.23. The fourth-order valence-electron chi connectivity index (χ4n) is 4.89. The van der Waals surface area contributed by atoms with Crippen molar-refractivity contribution < 1.29 is 72.7 Å². The van der Waals surface area contributed by atoms with Gasteiger partial charge in [-0.3, -0.25) is 0 Å². The Morgan fingerprint density at radius 2 is 0.540 bits per heavy atom. The van der Waals surface area contributed by atoms with E-state index in [0.29, 0.717) is 72.8 Å². The van der Waals surface area contributed by atoms with E-state index in [9.17, 15) is 49.1 Å². The minimum atomic E-state index is -8.09. The summed E-state index contributed by atoms with van der Waals surface area (Å²) in [5, 5.41) is 0. The predicted octanol–water partition coefficient (Wildman–Crippen LogP) is 6.63. The van der Waals surface area contributed by atoms with Gasteiger partial charge in [0.2, 0.25) is 0 Å². The van der Waals surface area contributed by atoms with Gasteiger partial charge in [-0.1, -0.05) is 0 Å². The molecule has 0 heterocycles. The predicted molar refractivity (Wildman–Crippen MR) is 147 cm³/mol. The molecular weight excluding hydrogens is 817 g/mol. The van der Waals surface area contributed by atoms with E-state index in [4.69, 9.17) is 6.03 Å². The number of halogens is 13. The van der Waals surface area contributed by atoms with Crippen molar-refractivity contribution in [2.45, 2.75) is 0 Å². The summed E-state index contributed by atoms with van der Waals surface area (Å²) in [6.45, 7) is 0. The van der Waals surface area contributed by atoms with Crippen LogP contribution in [0.3, 0.4) is 0 Å². The molecule has 0 aliphatic carbocycles. The molecule has 0 aliphatic rings. The molecule has 0 saturated carbocycles. The summed E-state index contributed by atoms with van der Waals surface area (Å²) in [6, 6.07) is 7.21. The normalized spacial score (nSPS) is 12.3. The zero-order chi connectivity index (χ0) is 36.9. The molecule has 0 amide bonds. The Labute approximate surface area is 272 Å². The van der Waals surface area contributed by atoms with Crippen LogP contribution in [0.2, 0.25) is 0 Å². The van der Waals surface area contributed by atoms with E-state index in [0.717, 1.165) is 0 Å². The van der Waals surface area contributed by atoms with Gasteiger partial charge in [-0.05, 0) is 0 Å². The van der Waals surface area contributed by atoms with Crippen LogP contribution in [-0.2, 0) is 6.03 Å². The number of carbonyl (C=O) groups excluding carboxylic acids is 2. The van der Waals surface area contributed by atoms with Crippen molar-refractivity contribution in [1.82, 2.24) is 0 Å². The second-order valence-corrected chi connectivity index (χ2v) is 21.0. The van der Waals surface area contributed by atoms with Gasteiger partial charge in [-0.2, -0.15) is 0 Å². The molecule has 4 nitrogen and oxygen atoms in total. The van der Waals surface area contributed by atoms with Gasteiger partial charge in [0.25, 0.3) is 0 Å². The quantitative estimate of drug-likeness (QED) is 0.0802. The van der Waals surface area contributed by atoms with Crippen molar-refractivity contribution >= 4 is 40.7 Å². The third-order valence-corrected chi connectivity index (χ3v) is 20.7. The molecule has 5 aromatic carbocycles. The van der Waals surface area contributed by atoms with E-state index in [-0.39, 0.29) is 0 Å². The van der Waals surface area contributed by atoms with Gasteiger partial charge in [0.05, 0.1) is 0 Å². The van der Waals surface area contributed by atoms with Crippen LogP contribution < -0.4 is 10.5 Å². The van der Waals surface area contributed by atoms with Gasteiger partial charge >= 0.3 is 273 Å². The fourth-order valence-corrected chi connectivity index (χ4v) is 17.6. The van der Waals surface area contributed by atoms with Gasteiger partial charge in [0.15, 0.2) is 0 Å². The standard InChI is InChI=1S/2C7HF5O2.3C6H4F.Sb/c2*8-2-1(7(13)14)3(9)5(11)6(12)4(2)10;3*7-6-4-2-1-3-5-6;/h2*(H,13,14);3*2-5H;/q;;;;;+2/p-2. The molecule has 0 spiro atoms. The molecule has 0 radical (unpaired) electrons. The summed E-state index contributed by atoms with van der Waals surface area (Å²) in [4.78, 5) is 27.6.